The van der Waals surface area contributed by atoms with Gasteiger partial charge in [-0.25, -0.2) is 0 Å². The first-order valence-corrected chi connectivity index (χ1v) is 36.1. The van der Waals surface area contributed by atoms with Crippen LogP contribution < -0.4 is 0 Å². The highest BCUT2D eigenvalue weighted by molar-refractivity contribution is 9.10. The highest BCUT2D eigenvalue weighted by Crippen LogP contribution is 2.58. The maximum Gasteiger partial charge on any atom is 0.261 e. The molecule has 0 atom stereocenters. The Morgan fingerprint density at radius 3 is 1.12 bits per heavy atom. The van der Waals surface area contributed by atoms with Gasteiger partial charge in [-0.15, -0.1) is 0 Å². The number of unbranched alkanes of at least 4 members (excludes halogenated alkanes) is 20. The van der Waals surface area contributed by atoms with Crippen molar-refractivity contribution in [2.75, 3.05) is 46.1 Å². The minimum atomic E-state index is -0.591. The van der Waals surface area contributed by atoms with Crippen LogP contribution in [0.15, 0.2) is 92.9 Å². The fourth-order valence-corrected chi connectivity index (χ4v) is 15.9. The second kappa shape index (κ2) is 33.9. The van der Waals surface area contributed by atoms with Gasteiger partial charge in [0.1, 0.15) is 0 Å². The second-order valence-electron chi connectivity index (χ2n) is 25.2. The zero-order valence-electron chi connectivity index (χ0n) is 54.0. The van der Waals surface area contributed by atoms with Gasteiger partial charge in [0.2, 0.25) is 0 Å². The predicted molar refractivity (Wildman–Crippen MR) is 364 cm³/mol. The molecule has 0 saturated heterocycles. The van der Waals surface area contributed by atoms with E-state index in [1.165, 1.54) is 199 Å². The van der Waals surface area contributed by atoms with Crippen LogP contribution >= 0.6 is 31.9 Å². The van der Waals surface area contributed by atoms with Crippen LogP contribution in [0.25, 0.3) is 33.6 Å². The van der Waals surface area contributed by atoms with E-state index in [4.69, 9.17) is 18.9 Å². The van der Waals surface area contributed by atoms with E-state index in [9.17, 15) is 0 Å². The van der Waals surface area contributed by atoms with E-state index in [1.807, 2.05) is 32.6 Å². The van der Waals surface area contributed by atoms with E-state index in [-0.39, 0.29) is 23.3 Å². The van der Waals surface area contributed by atoms with Crippen molar-refractivity contribution < 1.29 is 23.7 Å². The van der Waals surface area contributed by atoms with Crippen molar-refractivity contribution in [2.45, 2.75) is 259 Å². The molecule has 0 unspecified atom stereocenters. The third kappa shape index (κ3) is 15.9. The number of carbonyl (C=O) groups is 1. The van der Waals surface area contributed by atoms with E-state index in [2.05, 4.69) is 137 Å². The van der Waals surface area contributed by atoms with Crippen LogP contribution in [0.2, 0.25) is 0 Å². The number of fused-ring (bicyclic) bond motifs is 7. The molecular weight excluding hydrogens is 1180 g/mol. The van der Waals surface area contributed by atoms with Gasteiger partial charge >= 0.3 is 0 Å². The van der Waals surface area contributed by atoms with Crippen LogP contribution in [0, 0.1) is 0 Å². The van der Waals surface area contributed by atoms with Crippen molar-refractivity contribution in [3.8, 4) is 22.3 Å². The molecule has 7 nitrogen and oxygen atoms in total. The molecule has 4 aromatic carbocycles. The lowest BCUT2D eigenvalue weighted by atomic mass is 9.70. The van der Waals surface area contributed by atoms with Gasteiger partial charge in [-0.05, 0) is 145 Å². The number of nitrogens with zero attached hydrogens (tertiary/aromatic N) is 2. The highest BCUT2D eigenvalue weighted by Gasteiger charge is 2.49. The quantitative estimate of drug-likeness (QED) is 0.0325. The summed E-state index contributed by atoms with van der Waals surface area (Å²) in [5, 5.41) is 0. The number of halogens is 2. The Hall–Kier alpha value is -3.57. The van der Waals surface area contributed by atoms with E-state index in [0.29, 0.717) is 39.5 Å². The maximum absolute atomic E-state index is 16.3. The zero-order valence-corrected chi connectivity index (χ0v) is 57.2. The van der Waals surface area contributed by atoms with Crippen LogP contribution in [0.5, 0.6) is 0 Å². The summed E-state index contributed by atoms with van der Waals surface area (Å²) in [6.07, 6.45) is 33.6. The van der Waals surface area contributed by atoms with Crippen molar-refractivity contribution in [3.05, 3.63) is 126 Å². The molecule has 2 heterocycles. The van der Waals surface area contributed by atoms with Crippen LogP contribution in [0.1, 0.15) is 269 Å². The Bertz CT molecular complexity index is 2790. The molecule has 2 aliphatic carbocycles. The Morgan fingerprint density at radius 2 is 0.741 bits per heavy atom. The van der Waals surface area contributed by atoms with Crippen molar-refractivity contribution >= 4 is 49.2 Å². The summed E-state index contributed by atoms with van der Waals surface area (Å²) in [7, 11) is 0. The third-order valence-corrected chi connectivity index (χ3v) is 20.3. The zero-order chi connectivity index (χ0) is 60.2. The lowest BCUT2D eigenvalue weighted by molar-refractivity contribution is -0.150. The van der Waals surface area contributed by atoms with Crippen LogP contribution in [-0.2, 0) is 34.6 Å². The Labute approximate surface area is 532 Å². The summed E-state index contributed by atoms with van der Waals surface area (Å²) in [6.45, 7) is 20.7. The van der Waals surface area contributed by atoms with Gasteiger partial charge in [-0.1, -0.05) is 250 Å². The smallest absolute Gasteiger partial charge is 0.261 e. The molecule has 0 saturated carbocycles. The summed E-state index contributed by atoms with van der Waals surface area (Å²) in [4.78, 5) is 20.8. The number of ether oxygens (including phenoxy) is 4. The lowest BCUT2D eigenvalue weighted by Crippen LogP contribution is -2.38. The molecule has 8 rings (SSSR count). The third-order valence-electron chi connectivity index (χ3n) is 19.4. The Morgan fingerprint density at radius 1 is 0.412 bits per heavy atom. The minimum Gasteiger partial charge on any atom is -0.361 e. The first-order chi connectivity index (χ1) is 41.6. The van der Waals surface area contributed by atoms with Gasteiger partial charge in [0.15, 0.2) is 12.6 Å². The number of carbonyl (C=O) groups excluding carboxylic acids is 1. The van der Waals surface area contributed by atoms with Gasteiger partial charge in [-0.2, -0.15) is 0 Å². The first kappa shape index (κ1) is 67.4. The second-order valence-corrected chi connectivity index (χ2v) is 27.0. The van der Waals surface area contributed by atoms with Crippen LogP contribution in [-0.4, -0.2) is 74.3 Å². The average Bonchev–Trinajstić information content (AvgIpc) is 1.77. The minimum absolute atomic E-state index is 0.00699. The highest BCUT2D eigenvalue weighted by atomic mass is 79.9. The lowest BCUT2D eigenvalue weighted by Gasteiger charge is -2.34. The van der Waals surface area contributed by atoms with E-state index < -0.39 is 12.6 Å². The molecule has 0 bridgehead atoms. The van der Waals surface area contributed by atoms with Crippen LogP contribution in [0.3, 0.4) is 0 Å². The maximum atomic E-state index is 16.3. The SMILES string of the molecule is CCCCCCCCC1(CCCCCCCC)c2cc(Br)ccc2-c2ccc(C3=C4C(=O)N(CC(OCC)OCC)C(c5ccc6c(c5)C(CCCCCCCC)(CCCCCCCC)c5cc(Br)ccc5-6)=C4CN3CC(OCC)OCC)cc21. The molecule has 466 valence electrons. The molecule has 0 spiro atoms. The van der Waals surface area contributed by atoms with E-state index in [1.54, 1.807) is 0 Å². The van der Waals surface area contributed by atoms with Crippen molar-refractivity contribution in [1.82, 2.24) is 9.80 Å². The van der Waals surface area contributed by atoms with Crippen LogP contribution in [0.4, 0.5) is 0 Å². The normalized spacial score (nSPS) is 15.6. The van der Waals surface area contributed by atoms with Crippen molar-refractivity contribution in [2.24, 2.45) is 0 Å². The van der Waals surface area contributed by atoms with Crippen molar-refractivity contribution in [1.29, 1.82) is 0 Å². The molecule has 4 aromatic rings. The molecule has 0 radical (unpaired) electrons. The fourth-order valence-electron chi connectivity index (χ4n) is 15.2. The largest absolute Gasteiger partial charge is 0.361 e. The number of benzene rings is 4. The van der Waals surface area contributed by atoms with Gasteiger partial charge in [0, 0.05) is 58.3 Å². The molecule has 85 heavy (non-hydrogen) atoms. The number of amides is 1. The van der Waals surface area contributed by atoms with Gasteiger partial charge < -0.3 is 28.7 Å². The molecule has 0 fully saturated rings. The Kier molecular flexibility index (Phi) is 26.8. The number of hydrogen-bond acceptors (Lipinski definition) is 6. The van der Waals surface area contributed by atoms with Crippen molar-refractivity contribution in [3.63, 3.8) is 0 Å². The number of rotatable bonds is 42. The molecule has 2 aliphatic heterocycles. The topological polar surface area (TPSA) is 60.5 Å². The summed E-state index contributed by atoms with van der Waals surface area (Å²) in [5.41, 5.74) is 16.8. The molecule has 4 aliphatic rings. The van der Waals surface area contributed by atoms with E-state index in [0.717, 1.165) is 68.3 Å². The van der Waals surface area contributed by atoms with Gasteiger partial charge in [-0.3, -0.25) is 4.79 Å². The number of hydrogen-bond donors (Lipinski definition) is 0. The summed E-state index contributed by atoms with van der Waals surface area (Å²) in [5.74, 6) is 0.00699. The first-order valence-electron chi connectivity index (χ1n) is 34.5. The molecule has 1 amide bonds. The Balaban J connectivity index is 1.33. The fraction of sp³-hybridized carbons (Fsp3) is 0.618. The average molecular weight is 1290 g/mol. The molecule has 0 aromatic heterocycles. The summed E-state index contributed by atoms with van der Waals surface area (Å²) in [6, 6.07) is 28.6. The summed E-state index contributed by atoms with van der Waals surface area (Å²) < 4.78 is 27.9. The van der Waals surface area contributed by atoms with Gasteiger partial charge in [0.25, 0.3) is 5.91 Å². The monoisotopic (exact) mass is 1290 g/mol. The molecule has 9 heteroatoms. The standard InChI is InChI=1S/C76H108Br2N2O5/c1-9-17-21-25-29-33-45-75(46-34-30-26-22-18-10-2)65-49-56(37-41-60(65)62-43-39-58(77)51-67(62)75)72-64-53-79(54-69(82-13-5)83-14-6)73(71(64)74(81)80(72)55-70(84-15-7)85-16-8)57-38-42-61-63-44-40-59(78)52-68(63)76(66(61)50-57,47-35-31-27-23-19-11-3)48-36-32-28-24-20-12-4/h37-44,49-52,69-70H,9-36,45-48,53-55H2,1-8H3. The van der Waals surface area contributed by atoms with E-state index >= 15 is 4.79 Å². The molecular formula is C76H108Br2N2O5. The summed E-state index contributed by atoms with van der Waals surface area (Å²) >= 11 is 7.96. The molecule has 0 N–H and O–H groups in total. The predicted octanol–water partition coefficient (Wildman–Crippen LogP) is 21.8. The van der Waals surface area contributed by atoms with Gasteiger partial charge in [0.05, 0.1) is 30.1 Å².